The Morgan fingerprint density at radius 1 is 1.06 bits per heavy atom. The van der Waals surface area contributed by atoms with Gasteiger partial charge < -0.3 is 15.0 Å². The van der Waals surface area contributed by atoms with Crippen LogP contribution in [0.1, 0.15) is 6.92 Å². The van der Waals surface area contributed by atoms with Gasteiger partial charge in [0.2, 0.25) is 15.9 Å². The van der Waals surface area contributed by atoms with E-state index in [1.807, 2.05) is 4.90 Å². The van der Waals surface area contributed by atoms with Crippen LogP contribution in [0.2, 0.25) is 0 Å². The number of nitrogens with one attached hydrogen (secondary N) is 1. The minimum atomic E-state index is -3.58. The molecular formula is C22H28FN5O4S. The van der Waals surface area contributed by atoms with Gasteiger partial charge >= 0.3 is 0 Å². The van der Waals surface area contributed by atoms with E-state index in [9.17, 15) is 17.6 Å². The summed E-state index contributed by atoms with van der Waals surface area (Å²) in [5.74, 6) is -0.0311. The average Bonchev–Trinajstić information content (AvgIpc) is 2.85. The molecule has 1 amide bonds. The van der Waals surface area contributed by atoms with Crippen molar-refractivity contribution in [2.45, 2.75) is 17.9 Å². The van der Waals surface area contributed by atoms with Crippen molar-refractivity contribution in [2.75, 3.05) is 62.7 Å². The molecule has 11 heteroatoms. The van der Waals surface area contributed by atoms with E-state index in [-0.39, 0.29) is 16.5 Å². The Morgan fingerprint density at radius 3 is 2.39 bits per heavy atom. The van der Waals surface area contributed by atoms with Crippen LogP contribution in [0, 0.1) is 5.82 Å². The van der Waals surface area contributed by atoms with Crippen LogP contribution in [0.3, 0.4) is 0 Å². The summed E-state index contributed by atoms with van der Waals surface area (Å²) in [5, 5.41) is 2.65. The average molecular weight is 478 g/mol. The van der Waals surface area contributed by atoms with Crippen molar-refractivity contribution in [2.24, 2.45) is 0 Å². The van der Waals surface area contributed by atoms with E-state index in [4.69, 9.17) is 4.74 Å². The van der Waals surface area contributed by atoms with Gasteiger partial charge in [-0.15, -0.1) is 0 Å². The van der Waals surface area contributed by atoms with Gasteiger partial charge in [0, 0.05) is 45.5 Å². The fourth-order valence-electron chi connectivity index (χ4n) is 3.95. The zero-order valence-corrected chi connectivity index (χ0v) is 19.3. The van der Waals surface area contributed by atoms with Crippen molar-refractivity contribution in [1.29, 1.82) is 0 Å². The maximum atomic E-state index is 13.8. The Kier molecular flexibility index (Phi) is 7.23. The second-order valence-electron chi connectivity index (χ2n) is 8.04. The number of sulfonamides is 1. The minimum Gasteiger partial charge on any atom is -0.379 e. The van der Waals surface area contributed by atoms with E-state index in [0.717, 1.165) is 0 Å². The number of anilines is 2. The maximum absolute atomic E-state index is 13.8. The molecule has 0 aliphatic carbocycles. The monoisotopic (exact) mass is 477 g/mol. The van der Waals surface area contributed by atoms with Crippen LogP contribution in [0.15, 0.2) is 47.5 Å². The molecule has 2 aliphatic heterocycles. The van der Waals surface area contributed by atoms with Crippen molar-refractivity contribution in [3.8, 4) is 0 Å². The van der Waals surface area contributed by atoms with Crippen molar-refractivity contribution in [3.05, 3.63) is 48.4 Å². The predicted octanol–water partition coefficient (Wildman–Crippen LogP) is 1.39. The first-order chi connectivity index (χ1) is 15.9. The number of halogens is 1. The Labute approximate surface area is 193 Å². The van der Waals surface area contributed by atoms with Crippen LogP contribution >= 0.6 is 0 Å². The number of rotatable bonds is 6. The zero-order valence-electron chi connectivity index (χ0n) is 18.5. The van der Waals surface area contributed by atoms with Crippen LogP contribution in [-0.4, -0.2) is 87.0 Å². The van der Waals surface area contributed by atoms with Crippen LogP contribution in [0.4, 0.5) is 15.9 Å². The van der Waals surface area contributed by atoms with Gasteiger partial charge in [-0.2, -0.15) is 4.31 Å². The molecule has 2 fully saturated rings. The molecule has 4 rings (SSSR count). The number of hydrogen-bond acceptors (Lipinski definition) is 7. The molecule has 0 bridgehead atoms. The minimum absolute atomic E-state index is 0.171. The molecule has 1 aromatic carbocycles. The molecule has 1 atom stereocenters. The number of ether oxygens (including phenoxy) is 1. The number of carbonyl (C=O) groups is 1. The quantitative estimate of drug-likeness (QED) is 0.672. The molecule has 178 valence electrons. The number of aromatic nitrogens is 1. The number of carbonyl (C=O) groups excluding carboxylic acids is 1. The third kappa shape index (κ3) is 5.32. The van der Waals surface area contributed by atoms with Gasteiger partial charge in [0.15, 0.2) is 0 Å². The lowest BCUT2D eigenvalue weighted by atomic mass is 10.2. The Bertz CT molecular complexity index is 1070. The van der Waals surface area contributed by atoms with Crippen molar-refractivity contribution in [1.82, 2.24) is 14.2 Å². The fraction of sp³-hybridized carbons (Fsp3) is 0.455. The highest BCUT2D eigenvalue weighted by Gasteiger charge is 2.28. The lowest BCUT2D eigenvalue weighted by Crippen LogP contribution is -2.53. The first-order valence-corrected chi connectivity index (χ1v) is 12.4. The molecule has 2 saturated heterocycles. The molecule has 3 heterocycles. The number of morpholine rings is 1. The van der Waals surface area contributed by atoms with Gasteiger partial charge in [0.25, 0.3) is 0 Å². The standard InChI is InChI=1S/C22H28FN5O4S/c1-17(22(29)25-20-5-3-2-4-19(20)23)26-8-10-27(11-9-26)21-7-6-18(16-24-21)33(30,31)28-12-14-32-15-13-28/h2-7,16-17H,8-15H2,1H3,(H,25,29). The molecule has 2 aromatic rings. The van der Waals surface area contributed by atoms with Crippen LogP contribution in [0.5, 0.6) is 0 Å². The van der Waals surface area contributed by atoms with E-state index in [0.29, 0.717) is 58.3 Å². The predicted molar refractivity (Wildman–Crippen MR) is 122 cm³/mol. The van der Waals surface area contributed by atoms with Gasteiger partial charge in [-0.25, -0.2) is 17.8 Å². The third-order valence-electron chi connectivity index (χ3n) is 6.03. The first-order valence-electron chi connectivity index (χ1n) is 10.9. The summed E-state index contributed by atoms with van der Waals surface area (Å²) in [5.41, 5.74) is 0.171. The van der Waals surface area contributed by atoms with Crippen LogP contribution < -0.4 is 10.2 Å². The Balaban J connectivity index is 1.33. The Morgan fingerprint density at radius 2 is 1.76 bits per heavy atom. The van der Waals surface area contributed by atoms with Crippen LogP contribution in [0.25, 0.3) is 0 Å². The molecule has 1 N–H and O–H groups in total. The fourth-order valence-corrected chi connectivity index (χ4v) is 5.31. The van der Waals surface area contributed by atoms with Gasteiger partial charge in [-0.3, -0.25) is 9.69 Å². The van der Waals surface area contributed by atoms with Gasteiger partial charge in [0.1, 0.15) is 16.5 Å². The van der Waals surface area contributed by atoms with Crippen molar-refractivity contribution in [3.63, 3.8) is 0 Å². The summed E-state index contributed by atoms with van der Waals surface area (Å²) in [6.07, 6.45) is 1.40. The highest BCUT2D eigenvalue weighted by molar-refractivity contribution is 7.89. The molecule has 0 spiro atoms. The molecule has 1 unspecified atom stereocenters. The highest BCUT2D eigenvalue weighted by atomic mass is 32.2. The zero-order chi connectivity index (χ0) is 23.4. The molecule has 1 aromatic heterocycles. The third-order valence-corrected chi connectivity index (χ3v) is 7.91. The number of hydrogen-bond donors (Lipinski definition) is 1. The van der Waals surface area contributed by atoms with E-state index in [1.165, 1.54) is 22.6 Å². The summed E-state index contributed by atoms with van der Waals surface area (Å²) >= 11 is 0. The molecule has 0 saturated carbocycles. The van der Waals surface area contributed by atoms with E-state index in [2.05, 4.69) is 15.2 Å². The highest BCUT2D eigenvalue weighted by Crippen LogP contribution is 2.21. The van der Waals surface area contributed by atoms with E-state index >= 15 is 0 Å². The second kappa shape index (κ2) is 10.1. The molecule has 2 aliphatic rings. The Hall–Kier alpha value is -2.60. The second-order valence-corrected chi connectivity index (χ2v) is 9.97. The van der Waals surface area contributed by atoms with Gasteiger partial charge in [0.05, 0.1) is 24.9 Å². The number of piperazine rings is 1. The van der Waals surface area contributed by atoms with Gasteiger partial charge in [-0.05, 0) is 31.2 Å². The number of nitrogens with zero attached hydrogens (tertiary/aromatic N) is 4. The summed E-state index contributed by atoms with van der Waals surface area (Å²) in [7, 11) is -3.58. The molecular weight excluding hydrogens is 449 g/mol. The lowest BCUT2D eigenvalue weighted by molar-refractivity contribution is -0.120. The summed E-state index contributed by atoms with van der Waals surface area (Å²) in [6.45, 7) is 5.80. The summed E-state index contributed by atoms with van der Waals surface area (Å²) in [6, 6.07) is 8.98. The van der Waals surface area contributed by atoms with Crippen LogP contribution in [-0.2, 0) is 19.6 Å². The van der Waals surface area contributed by atoms with Gasteiger partial charge in [-0.1, -0.05) is 12.1 Å². The largest absolute Gasteiger partial charge is 0.379 e. The van der Waals surface area contributed by atoms with E-state index in [1.54, 1.807) is 31.2 Å². The number of para-hydroxylation sites is 1. The molecule has 33 heavy (non-hydrogen) atoms. The molecule has 9 nitrogen and oxygen atoms in total. The summed E-state index contributed by atoms with van der Waals surface area (Å²) in [4.78, 5) is 21.2. The maximum Gasteiger partial charge on any atom is 0.244 e. The molecule has 0 radical (unpaired) electrons. The van der Waals surface area contributed by atoms with Crippen molar-refractivity contribution < 1.29 is 22.3 Å². The SMILES string of the molecule is CC(C(=O)Nc1ccccc1F)N1CCN(c2ccc(S(=O)(=O)N3CCOCC3)cn2)CC1. The topological polar surface area (TPSA) is 95.1 Å². The lowest BCUT2D eigenvalue weighted by Gasteiger charge is -2.38. The number of benzene rings is 1. The first kappa shape index (κ1) is 23.6. The number of amides is 1. The smallest absolute Gasteiger partial charge is 0.244 e. The van der Waals surface area contributed by atoms with E-state index < -0.39 is 21.9 Å². The normalized spacial score (nSPS) is 19.3. The summed E-state index contributed by atoms with van der Waals surface area (Å²) < 4.78 is 46.0. The van der Waals surface area contributed by atoms with Crippen molar-refractivity contribution >= 4 is 27.4 Å². The number of pyridine rings is 1.